The van der Waals surface area contributed by atoms with Crippen molar-refractivity contribution in [3.63, 3.8) is 0 Å². The molecule has 1 N–H and O–H groups in total. The monoisotopic (exact) mass is 314 g/mol. The highest BCUT2D eigenvalue weighted by Gasteiger charge is 2.27. The molecule has 5 nitrogen and oxygen atoms in total. The van der Waals surface area contributed by atoms with E-state index in [2.05, 4.69) is 18.8 Å². The van der Waals surface area contributed by atoms with E-state index < -0.39 is 5.60 Å². The molecule has 22 heavy (non-hydrogen) atoms. The van der Waals surface area contributed by atoms with Crippen LogP contribution in [0.15, 0.2) is 12.3 Å². The normalized spacial score (nSPS) is 14.1. The summed E-state index contributed by atoms with van der Waals surface area (Å²) in [4.78, 5) is 14.2. The van der Waals surface area contributed by atoms with Gasteiger partial charge < -0.3 is 14.8 Å². The van der Waals surface area contributed by atoms with Gasteiger partial charge in [0.25, 0.3) is 0 Å². The van der Waals surface area contributed by atoms with Crippen LogP contribution < -0.4 is 5.32 Å². The standard InChI is InChI=1S/C17H34N2O3/c1-9-11-12-19(16(20)22-17(5,6)7)15(10-2)18-13(3)14(4)21-8/h14-15,18H,3,9-12H2,1-2,4-8H3/t14-,15?/m0/s1. The van der Waals surface area contributed by atoms with E-state index in [4.69, 9.17) is 9.47 Å². The zero-order valence-electron chi connectivity index (χ0n) is 15.4. The molecule has 0 heterocycles. The molecular formula is C17H34N2O3. The minimum absolute atomic E-state index is 0.110. The third-order valence-corrected chi connectivity index (χ3v) is 3.34. The highest BCUT2D eigenvalue weighted by Crippen LogP contribution is 2.15. The number of hydrogen-bond donors (Lipinski definition) is 1. The molecule has 5 heteroatoms. The Kier molecular flexibility index (Phi) is 9.18. The molecule has 0 aliphatic heterocycles. The van der Waals surface area contributed by atoms with Gasteiger partial charge in [0.2, 0.25) is 0 Å². The lowest BCUT2D eigenvalue weighted by Gasteiger charge is -2.35. The number of nitrogens with one attached hydrogen (secondary N) is 1. The van der Waals surface area contributed by atoms with Crippen LogP contribution in [-0.2, 0) is 9.47 Å². The molecule has 0 saturated heterocycles. The van der Waals surface area contributed by atoms with Crippen LogP contribution in [0.2, 0.25) is 0 Å². The molecule has 0 spiro atoms. The summed E-state index contributed by atoms with van der Waals surface area (Å²) in [6.45, 7) is 16.3. The summed E-state index contributed by atoms with van der Waals surface area (Å²) in [5.41, 5.74) is 0.260. The molecule has 0 saturated carbocycles. The summed E-state index contributed by atoms with van der Waals surface area (Å²) in [6.07, 6.45) is 2.16. The molecule has 0 fully saturated rings. The fourth-order valence-corrected chi connectivity index (χ4v) is 1.90. The second-order valence-electron chi connectivity index (χ2n) is 6.50. The first-order valence-electron chi connectivity index (χ1n) is 8.14. The van der Waals surface area contributed by atoms with E-state index in [1.165, 1.54) is 0 Å². The Morgan fingerprint density at radius 2 is 1.91 bits per heavy atom. The Hall–Kier alpha value is -1.23. The van der Waals surface area contributed by atoms with Crippen LogP contribution in [0.25, 0.3) is 0 Å². The first-order valence-corrected chi connectivity index (χ1v) is 8.14. The van der Waals surface area contributed by atoms with Crippen LogP contribution in [0.4, 0.5) is 4.79 Å². The van der Waals surface area contributed by atoms with Gasteiger partial charge in [-0.05, 0) is 40.5 Å². The average Bonchev–Trinajstić information content (AvgIpc) is 2.43. The lowest BCUT2D eigenvalue weighted by atomic mass is 10.2. The van der Waals surface area contributed by atoms with Crippen LogP contribution in [0, 0.1) is 0 Å². The molecular weight excluding hydrogens is 280 g/mol. The molecule has 0 aliphatic carbocycles. The Morgan fingerprint density at radius 1 is 1.32 bits per heavy atom. The molecule has 0 bridgehead atoms. The maximum Gasteiger partial charge on any atom is 0.411 e. The molecule has 0 aromatic rings. The van der Waals surface area contributed by atoms with Crippen molar-refractivity contribution in [2.75, 3.05) is 13.7 Å². The van der Waals surface area contributed by atoms with E-state index in [1.54, 1.807) is 12.0 Å². The largest absolute Gasteiger partial charge is 0.444 e. The molecule has 0 radical (unpaired) electrons. The number of rotatable bonds is 9. The van der Waals surface area contributed by atoms with Crippen molar-refractivity contribution < 1.29 is 14.3 Å². The highest BCUT2D eigenvalue weighted by atomic mass is 16.6. The van der Waals surface area contributed by atoms with Gasteiger partial charge in [0, 0.05) is 19.4 Å². The van der Waals surface area contributed by atoms with Crippen LogP contribution in [0.1, 0.15) is 60.8 Å². The number of hydrogen-bond acceptors (Lipinski definition) is 4. The molecule has 0 aromatic heterocycles. The van der Waals surface area contributed by atoms with Crippen LogP contribution in [0.3, 0.4) is 0 Å². The number of carbonyl (C=O) groups is 1. The molecule has 1 unspecified atom stereocenters. The Labute approximate surface area is 136 Å². The van der Waals surface area contributed by atoms with Crippen molar-refractivity contribution in [3.8, 4) is 0 Å². The Morgan fingerprint density at radius 3 is 2.32 bits per heavy atom. The van der Waals surface area contributed by atoms with Crippen LogP contribution in [-0.4, -0.2) is 42.5 Å². The van der Waals surface area contributed by atoms with E-state index in [0.717, 1.165) is 25.0 Å². The number of ether oxygens (including phenoxy) is 2. The summed E-state index contributed by atoms with van der Waals surface area (Å²) < 4.78 is 10.8. The van der Waals surface area contributed by atoms with Crippen LogP contribution in [0.5, 0.6) is 0 Å². The second-order valence-corrected chi connectivity index (χ2v) is 6.50. The van der Waals surface area contributed by atoms with Gasteiger partial charge in [-0.3, -0.25) is 4.90 Å². The quantitative estimate of drug-likeness (QED) is 0.656. The minimum atomic E-state index is -0.503. The lowest BCUT2D eigenvalue weighted by Crippen LogP contribution is -2.51. The number of amides is 1. The molecule has 2 atom stereocenters. The SMILES string of the molecule is C=C(NC(CC)N(CCCC)C(=O)OC(C)(C)C)[C@H](C)OC. The van der Waals surface area contributed by atoms with Crippen molar-refractivity contribution in [2.24, 2.45) is 0 Å². The van der Waals surface area contributed by atoms with Gasteiger partial charge >= 0.3 is 6.09 Å². The van der Waals surface area contributed by atoms with Gasteiger partial charge in [-0.25, -0.2) is 4.79 Å². The second kappa shape index (κ2) is 9.72. The van der Waals surface area contributed by atoms with Crippen molar-refractivity contribution in [1.29, 1.82) is 0 Å². The first kappa shape index (κ1) is 20.8. The van der Waals surface area contributed by atoms with E-state index in [-0.39, 0.29) is 18.4 Å². The smallest absolute Gasteiger partial charge is 0.411 e. The summed E-state index contributed by atoms with van der Waals surface area (Å²) >= 11 is 0. The van der Waals surface area contributed by atoms with E-state index in [9.17, 15) is 4.79 Å². The topological polar surface area (TPSA) is 50.8 Å². The third-order valence-electron chi connectivity index (χ3n) is 3.34. The van der Waals surface area contributed by atoms with Gasteiger partial charge in [0.1, 0.15) is 11.8 Å². The lowest BCUT2D eigenvalue weighted by molar-refractivity contribution is 0.0115. The molecule has 0 aromatic carbocycles. The molecule has 0 rings (SSSR count). The molecule has 0 aliphatic rings. The van der Waals surface area contributed by atoms with E-state index in [1.807, 2.05) is 34.6 Å². The predicted molar refractivity (Wildman–Crippen MR) is 90.7 cm³/mol. The van der Waals surface area contributed by atoms with Gasteiger partial charge in [-0.1, -0.05) is 26.8 Å². The Bertz CT molecular complexity index is 350. The number of carbonyl (C=O) groups excluding carboxylic acids is 1. The summed E-state index contributed by atoms with van der Waals surface area (Å²) in [5.74, 6) is 0. The fraction of sp³-hybridized carbons (Fsp3) is 0.824. The van der Waals surface area contributed by atoms with Gasteiger partial charge in [0.05, 0.1) is 6.10 Å². The average molecular weight is 314 g/mol. The fourth-order valence-electron chi connectivity index (χ4n) is 1.90. The Balaban J connectivity index is 5.01. The molecule has 130 valence electrons. The van der Waals surface area contributed by atoms with Gasteiger partial charge in [-0.2, -0.15) is 0 Å². The van der Waals surface area contributed by atoms with Gasteiger partial charge in [-0.15, -0.1) is 0 Å². The van der Waals surface area contributed by atoms with Crippen LogP contribution >= 0.6 is 0 Å². The van der Waals surface area contributed by atoms with Crippen molar-refractivity contribution in [2.45, 2.75) is 78.7 Å². The number of unbranched alkanes of at least 4 members (excludes halogenated alkanes) is 1. The minimum Gasteiger partial charge on any atom is -0.444 e. The van der Waals surface area contributed by atoms with Crippen molar-refractivity contribution in [3.05, 3.63) is 12.3 Å². The van der Waals surface area contributed by atoms with Gasteiger partial charge in [0.15, 0.2) is 0 Å². The molecule has 1 amide bonds. The summed E-state index contributed by atoms with van der Waals surface area (Å²) in [7, 11) is 1.64. The number of nitrogens with zero attached hydrogens (tertiary/aromatic N) is 1. The zero-order chi connectivity index (χ0) is 17.3. The summed E-state index contributed by atoms with van der Waals surface area (Å²) in [5, 5.41) is 3.30. The highest BCUT2D eigenvalue weighted by molar-refractivity contribution is 5.68. The van der Waals surface area contributed by atoms with Crippen molar-refractivity contribution >= 4 is 6.09 Å². The zero-order valence-corrected chi connectivity index (χ0v) is 15.4. The number of methoxy groups -OCH3 is 1. The van der Waals surface area contributed by atoms with E-state index >= 15 is 0 Å². The van der Waals surface area contributed by atoms with Crippen molar-refractivity contribution in [1.82, 2.24) is 10.2 Å². The first-order chi connectivity index (χ1) is 10.2. The summed E-state index contributed by atoms with van der Waals surface area (Å²) in [6, 6.07) is 0. The third kappa shape index (κ3) is 7.69. The maximum absolute atomic E-state index is 12.5. The maximum atomic E-state index is 12.5. The predicted octanol–water partition coefficient (Wildman–Crippen LogP) is 3.90. The van der Waals surface area contributed by atoms with E-state index in [0.29, 0.717) is 6.54 Å².